The first kappa shape index (κ1) is 16.6. The lowest BCUT2D eigenvalue weighted by Gasteiger charge is -2.27. The van der Waals surface area contributed by atoms with Crippen LogP contribution in [-0.2, 0) is 0 Å². The maximum atomic E-state index is 6.12. The number of hydrogen-bond acceptors (Lipinski definition) is 0. The number of rotatable bonds is 3. The second kappa shape index (κ2) is 7.55. The van der Waals surface area contributed by atoms with Crippen molar-refractivity contribution >= 4 is 23.2 Å². The number of benzene rings is 2. The van der Waals surface area contributed by atoms with Gasteiger partial charge in [-0.2, -0.15) is 0 Å². The van der Waals surface area contributed by atoms with Gasteiger partial charge in [0, 0.05) is 0 Å². The largest absolute Gasteiger partial charge is 0.0914 e. The summed E-state index contributed by atoms with van der Waals surface area (Å²) < 4.78 is 0. The molecule has 0 bridgehead atoms. The molecule has 120 valence electrons. The number of hydrogen-bond donors (Lipinski definition) is 0. The van der Waals surface area contributed by atoms with Crippen LogP contribution in [0.5, 0.6) is 0 Å². The summed E-state index contributed by atoms with van der Waals surface area (Å²) in [6.07, 6.45) is 9.76. The predicted molar refractivity (Wildman–Crippen MR) is 101 cm³/mol. The lowest BCUT2D eigenvalue weighted by molar-refractivity contribution is 0.376. The summed E-state index contributed by atoms with van der Waals surface area (Å²) in [5.41, 5.74) is 3.77. The van der Waals surface area contributed by atoms with Crippen LogP contribution >= 0.6 is 23.2 Å². The van der Waals surface area contributed by atoms with Gasteiger partial charge in [-0.25, -0.2) is 0 Å². The molecule has 0 aliphatic heterocycles. The molecule has 23 heavy (non-hydrogen) atoms. The van der Waals surface area contributed by atoms with E-state index in [9.17, 15) is 0 Å². The lowest BCUT2D eigenvalue weighted by Crippen LogP contribution is -2.11. The van der Waals surface area contributed by atoms with Gasteiger partial charge in [-0.15, -0.1) is 0 Å². The minimum absolute atomic E-state index is 0.602. The molecule has 0 amide bonds. The standard InChI is InChI=1S/C21H22Cl2/c1-2-3-15-4-6-16(7-5-15)17-8-10-18(11-9-17)19-12-13-20(22)21(23)14-19/h2-3,8-16H,4-7H2,1H3. The predicted octanol–water partition coefficient (Wildman–Crippen LogP) is 7.51. The molecule has 0 heterocycles. The van der Waals surface area contributed by atoms with E-state index >= 15 is 0 Å². The second-order valence-electron chi connectivity index (χ2n) is 6.39. The number of halogens is 2. The number of allylic oxidation sites excluding steroid dienone is 2. The van der Waals surface area contributed by atoms with Crippen molar-refractivity contribution < 1.29 is 0 Å². The van der Waals surface area contributed by atoms with Crippen LogP contribution in [-0.4, -0.2) is 0 Å². The van der Waals surface area contributed by atoms with E-state index in [4.69, 9.17) is 23.2 Å². The zero-order valence-electron chi connectivity index (χ0n) is 13.4. The summed E-state index contributed by atoms with van der Waals surface area (Å²) in [7, 11) is 0. The van der Waals surface area contributed by atoms with Crippen molar-refractivity contribution in [3.63, 3.8) is 0 Å². The highest BCUT2D eigenvalue weighted by Gasteiger charge is 2.20. The highest BCUT2D eigenvalue weighted by molar-refractivity contribution is 6.42. The van der Waals surface area contributed by atoms with Crippen LogP contribution in [0.2, 0.25) is 10.0 Å². The molecule has 0 atom stereocenters. The molecule has 2 aromatic rings. The van der Waals surface area contributed by atoms with E-state index in [1.165, 1.54) is 36.8 Å². The topological polar surface area (TPSA) is 0 Å². The Balaban J connectivity index is 1.71. The van der Waals surface area contributed by atoms with Crippen molar-refractivity contribution in [1.82, 2.24) is 0 Å². The van der Waals surface area contributed by atoms with E-state index in [1.807, 2.05) is 18.2 Å². The van der Waals surface area contributed by atoms with Crippen LogP contribution in [0.3, 0.4) is 0 Å². The molecule has 0 nitrogen and oxygen atoms in total. The molecule has 0 unspecified atom stereocenters. The van der Waals surface area contributed by atoms with Crippen LogP contribution in [0.4, 0.5) is 0 Å². The van der Waals surface area contributed by atoms with Gasteiger partial charge < -0.3 is 0 Å². The fourth-order valence-electron chi connectivity index (χ4n) is 3.54. The van der Waals surface area contributed by atoms with Crippen LogP contribution < -0.4 is 0 Å². The van der Waals surface area contributed by atoms with Gasteiger partial charge in [0.1, 0.15) is 0 Å². The summed E-state index contributed by atoms with van der Waals surface area (Å²) >= 11 is 12.1. The first-order chi connectivity index (χ1) is 11.2. The summed E-state index contributed by atoms with van der Waals surface area (Å²) in [4.78, 5) is 0. The molecular weight excluding hydrogens is 323 g/mol. The van der Waals surface area contributed by atoms with Crippen molar-refractivity contribution in [2.24, 2.45) is 5.92 Å². The SMILES string of the molecule is CC=CC1CCC(c2ccc(-c3ccc(Cl)c(Cl)c3)cc2)CC1. The zero-order chi connectivity index (χ0) is 16.2. The highest BCUT2D eigenvalue weighted by Crippen LogP contribution is 2.37. The average Bonchev–Trinajstić information content (AvgIpc) is 2.59. The third-order valence-corrected chi connectivity index (χ3v) is 5.61. The van der Waals surface area contributed by atoms with Gasteiger partial charge >= 0.3 is 0 Å². The Hall–Kier alpha value is -1.24. The van der Waals surface area contributed by atoms with Gasteiger partial charge in [-0.3, -0.25) is 0 Å². The normalized spacial score (nSPS) is 21.7. The summed E-state index contributed by atoms with van der Waals surface area (Å²) in [5.74, 6) is 1.49. The first-order valence-electron chi connectivity index (χ1n) is 8.35. The summed E-state index contributed by atoms with van der Waals surface area (Å²) in [6, 6.07) is 14.8. The Labute approximate surface area is 149 Å². The lowest BCUT2D eigenvalue weighted by atomic mass is 9.78. The fourth-order valence-corrected chi connectivity index (χ4v) is 3.84. The Kier molecular flexibility index (Phi) is 5.46. The van der Waals surface area contributed by atoms with Gasteiger partial charge in [0.05, 0.1) is 10.0 Å². The molecule has 1 saturated carbocycles. The maximum Gasteiger partial charge on any atom is 0.0598 e. The minimum Gasteiger partial charge on any atom is -0.0914 e. The van der Waals surface area contributed by atoms with Gasteiger partial charge in [0.2, 0.25) is 0 Å². The summed E-state index contributed by atoms with van der Waals surface area (Å²) in [6.45, 7) is 2.12. The first-order valence-corrected chi connectivity index (χ1v) is 9.11. The van der Waals surface area contributed by atoms with Gasteiger partial charge in [0.25, 0.3) is 0 Å². The Morgan fingerprint density at radius 1 is 0.826 bits per heavy atom. The van der Waals surface area contributed by atoms with Crippen LogP contribution in [0.25, 0.3) is 11.1 Å². The Morgan fingerprint density at radius 2 is 1.48 bits per heavy atom. The molecule has 0 radical (unpaired) electrons. The van der Waals surface area contributed by atoms with Gasteiger partial charge in [-0.05, 0) is 73.3 Å². The average molecular weight is 345 g/mol. The maximum absolute atomic E-state index is 6.12. The third-order valence-electron chi connectivity index (χ3n) is 4.87. The van der Waals surface area contributed by atoms with E-state index in [1.54, 1.807) is 0 Å². The summed E-state index contributed by atoms with van der Waals surface area (Å²) in [5, 5.41) is 1.21. The van der Waals surface area contributed by atoms with Crippen molar-refractivity contribution in [3.8, 4) is 11.1 Å². The van der Waals surface area contributed by atoms with Crippen LogP contribution in [0.1, 0.15) is 44.1 Å². The molecule has 2 heteroatoms. The molecule has 1 aliphatic carbocycles. The molecule has 3 rings (SSSR count). The molecule has 2 aromatic carbocycles. The molecule has 0 spiro atoms. The molecule has 0 saturated heterocycles. The van der Waals surface area contributed by atoms with E-state index in [-0.39, 0.29) is 0 Å². The molecule has 1 aliphatic rings. The Morgan fingerprint density at radius 3 is 2.09 bits per heavy atom. The van der Waals surface area contributed by atoms with E-state index in [2.05, 4.69) is 43.3 Å². The monoisotopic (exact) mass is 344 g/mol. The Bertz CT molecular complexity index is 677. The van der Waals surface area contributed by atoms with Crippen molar-refractivity contribution in [2.75, 3.05) is 0 Å². The zero-order valence-corrected chi connectivity index (χ0v) is 14.9. The minimum atomic E-state index is 0.602. The molecule has 1 fully saturated rings. The van der Waals surface area contributed by atoms with Crippen molar-refractivity contribution in [2.45, 2.75) is 38.5 Å². The van der Waals surface area contributed by atoms with Gasteiger partial charge in [-0.1, -0.05) is 65.7 Å². The fraction of sp³-hybridized carbons (Fsp3) is 0.333. The molecular formula is C21H22Cl2. The van der Waals surface area contributed by atoms with E-state index < -0.39 is 0 Å². The highest BCUT2D eigenvalue weighted by atomic mass is 35.5. The van der Waals surface area contributed by atoms with Gasteiger partial charge in [0.15, 0.2) is 0 Å². The third kappa shape index (κ3) is 4.00. The molecule has 0 aromatic heterocycles. The second-order valence-corrected chi connectivity index (χ2v) is 7.20. The van der Waals surface area contributed by atoms with Crippen LogP contribution in [0, 0.1) is 5.92 Å². The van der Waals surface area contributed by atoms with Crippen molar-refractivity contribution in [1.29, 1.82) is 0 Å². The smallest absolute Gasteiger partial charge is 0.0598 e. The molecule has 0 N–H and O–H groups in total. The quantitative estimate of drug-likeness (QED) is 0.505. The van der Waals surface area contributed by atoms with E-state index in [0.717, 1.165) is 11.5 Å². The van der Waals surface area contributed by atoms with Crippen molar-refractivity contribution in [3.05, 3.63) is 70.2 Å². The van der Waals surface area contributed by atoms with Crippen LogP contribution in [0.15, 0.2) is 54.6 Å². The van der Waals surface area contributed by atoms with E-state index in [0.29, 0.717) is 16.0 Å².